The largest absolute Gasteiger partial charge is 0.477 e. The highest BCUT2D eigenvalue weighted by Crippen LogP contribution is 2.44. The van der Waals surface area contributed by atoms with Crippen molar-refractivity contribution in [3.8, 4) is 0 Å². The van der Waals surface area contributed by atoms with Crippen LogP contribution in [0.3, 0.4) is 0 Å². The molecule has 0 radical (unpaired) electrons. The van der Waals surface area contributed by atoms with Crippen molar-refractivity contribution in [3.05, 3.63) is 53.1 Å². The maximum atomic E-state index is 12.3. The molecule has 1 amide bonds. The predicted molar refractivity (Wildman–Crippen MR) is 108 cm³/mol. The van der Waals surface area contributed by atoms with Gasteiger partial charge in [-0.15, -0.1) is 0 Å². The van der Waals surface area contributed by atoms with Gasteiger partial charge in [0.1, 0.15) is 18.4 Å². The third kappa shape index (κ3) is 3.69. The maximum Gasteiger partial charge on any atom is 0.412 e. The minimum atomic E-state index is -1.13. The van der Waals surface area contributed by atoms with Crippen molar-refractivity contribution in [2.75, 3.05) is 17.7 Å². The van der Waals surface area contributed by atoms with E-state index in [9.17, 15) is 19.5 Å². The topological polar surface area (TPSA) is 126 Å². The van der Waals surface area contributed by atoms with Gasteiger partial charge in [-0.2, -0.15) is 0 Å². The number of rotatable bonds is 5. The Bertz CT molecular complexity index is 1060. The molecule has 2 aliphatic heterocycles. The van der Waals surface area contributed by atoms with Gasteiger partial charge in [0.15, 0.2) is 0 Å². The maximum absolute atomic E-state index is 12.3. The molecule has 1 unspecified atom stereocenters. The number of ether oxygens (including phenoxy) is 2. The highest BCUT2D eigenvalue weighted by Gasteiger charge is 2.35. The number of hydrogen-bond acceptors (Lipinski definition) is 7. The first-order chi connectivity index (χ1) is 14.5. The normalized spacial score (nSPS) is 16.0. The molecule has 0 aliphatic carbocycles. The molecule has 9 nitrogen and oxygen atoms in total. The van der Waals surface area contributed by atoms with Crippen LogP contribution in [0.5, 0.6) is 0 Å². The average molecular weight is 409 g/mol. The molecule has 30 heavy (non-hydrogen) atoms. The molecule has 9 heteroatoms. The first-order valence-corrected chi connectivity index (χ1v) is 9.28. The number of anilines is 2. The van der Waals surface area contributed by atoms with Crippen molar-refractivity contribution in [2.24, 2.45) is 4.99 Å². The van der Waals surface area contributed by atoms with E-state index < -0.39 is 24.1 Å². The molecule has 3 N–H and O–H groups in total. The van der Waals surface area contributed by atoms with Gasteiger partial charge in [0, 0.05) is 18.5 Å². The number of aliphatic carboxylic acids is 1. The quantitative estimate of drug-likeness (QED) is 0.648. The van der Waals surface area contributed by atoms with Crippen LogP contribution in [0.2, 0.25) is 0 Å². The summed E-state index contributed by atoms with van der Waals surface area (Å²) in [4.78, 5) is 39.9. The fraction of sp³-hybridized carbons (Fsp3) is 0.238. The van der Waals surface area contributed by atoms with Crippen LogP contribution < -0.4 is 10.6 Å². The number of esters is 1. The molecule has 0 aromatic heterocycles. The van der Waals surface area contributed by atoms with Crippen LogP contribution in [0.4, 0.5) is 21.9 Å². The first kappa shape index (κ1) is 19.4. The van der Waals surface area contributed by atoms with Gasteiger partial charge in [-0.05, 0) is 22.8 Å². The minimum absolute atomic E-state index is 0.0272. The second-order valence-corrected chi connectivity index (χ2v) is 6.93. The zero-order valence-corrected chi connectivity index (χ0v) is 16.1. The lowest BCUT2D eigenvalue weighted by molar-refractivity contribution is -0.141. The second-order valence-electron chi connectivity index (χ2n) is 6.93. The number of hydrogen-bond donors (Lipinski definition) is 3. The lowest BCUT2D eigenvalue weighted by atomic mass is 9.98. The number of fused-ring (bicyclic) bond motifs is 3. The number of benzene rings is 2. The van der Waals surface area contributed by atoms with E-state index in [2.05, 4.69) is 15.6 Å². The Morgan fingerprint density at radius 3 is 2.70 bits per heavy atom. The summed E-state index contributed by atoms with van der Waals surface area (Å²) in [6.45, 7) is 0.0894. The third-order valence-corrected chi connectivity index (χ3v) is 5.03. The molecule has 2 aromatic carbocycles. The van der Waals surface area contributed by atoms with Gasteiger partial charge in [-0.1, -0.05) is 30.3 Å². The summed E-state index contributed by atoms with van der Waals surface area (Å²) in [5.74, 6) is -1.55. The third-order valence-electron chi connectivity index (χ3n) is 5.03. The number of carboxylic acids is 1. The smallest absolute Gasteiger partial charge is 0.412 e. The van der Waals surface area contributed by atoms with Crippen LogP contribution in [0, 0.1) is 0 Å². The molecule has 2 aliphatic rings. The van der Waals surface area contributed by atoms with Crippen molar-refractivity contribution in [1.29, 1.82) is 0 Å². The molecule has 1 atom stereocenters. The number of nitrogens with zero attached hydrogens (tertiary/aromatic N) is 1. The number of methoxy groups -OCH3 is 1. The Kier molecular flexibility index (Phi) is 5.09. The first-order valence-electron chi connectivity index (χ1n) is 9.28. The molecule has 0 spiro atoms. The monoisotopic (exact) mass is 409 g/mol. The van der Waals surface area contributed by atoms with Gasteiger partial charge in [-0.3, -0.25) is 5.32 Å². The van der Waals surface area contributed by atoms with E-state index in [-0.39, 0.29) is 18.7 Å². The molecular weight excluding hydrogens is 390 g/mol. The van der Waals surface area contributed by atoms with E-state index >= 15 is 0 Å². The zero-order chi connectivity index (χ0) is 21.3. The van der Waals surface area contributed by atoms with Crippen molar-refractivity contribution in [2.45, 2.75) is 25.5 Å². The molecular formula is C21H19N3O6. The second kappa shape index (κ2) is 7.86. The predicted octanol–water partition coefficient (Wildman–Crippen LogP) is 2.66. The van der Waals surface area contributed by atoms with Crippen LogP contribution >= 0.6 is 0 Å². The molecule has 0 saturated carbocycles. The summed E-state index contributed by atoms with van der Waals surface area (Å²) in [6.07, 6.45) is -0.231. The number of nitrogens with one attached hydrogen (secondary N) is 2. The van der Waals surface area contributed by atoms with E-state index in [4.69, 9.17) is 9.47 Å². The lowest BCUT2D eigenvalue weighted by Gasteiger charge is -2.13. The lowest BCUT2D eigenvalue weighted by Crippen LogP contribution is -2.28. The number of amides is 1. The number of aliphatic imine (C=N–C) groups is 1. The molecule has 2 aromatic rings. The van der Waals surface area contributed by atoms with E-state index in [0.29, 0.717) is 29.0 Å². The Balaban J connectivity index is 1.59. The van der Waals surface area contributed by atoms with Crippen molar-refractivity contribution in [1.82, 2.24) is 0 Å². The minimum Gasteiger partial charge on any atom is -0.477 e. The van der Waals surface area contributed by atoms with E-state index in [1.165, 1.54) is 7.11 Å². The Labute approximate surface area is 171 Å². The van der Waals surface area contributed by atoms with Crippen molar-refractivity contribution in [3.63, 3.8) is 0 Å². The summed E-state index contributed by atoms with van der Waals surface area (Å²) in [5.41, 5.74) is 3.59. The molecule has 0 bridgehead atoms. The van der Waals surface area contributed by atoms with E-state index in [1.54, 1.807) is 6.07 Å². The number of carboxylic acid groups (broad SMARTS) is 1. The highest BCUT2D eigenvalue weighted by molar-refractivity contribution is 6.38. The van der Waals surface area contributed by atoms with Gasteiger partial charge >= 0.3 is 18.0 Å². The van der Waals surface area contributed by atoms with Gasteiger partial charge in [0.25, 0.3) is 0 Å². The summed E-state index contributed by atoms with van der Waals surface area (Å²) in [5, 5.41) is 15.1. The Morgan fingerprint density at radius 1 is 1.23 bits per heavy atom. The van der Waals surface area contributed by atoms with Gasteiger partial charge in [0.05, 0.1) is 18.5 Å². The summed E-state index contributed by atoms with van der Waals surface area (Å²) in [6, 6.07) is 10.3. The Hall–Kier alpha value is -3.88. The fourth-order valence-corrected chi connectivity index (χ4v) is 3.61. The summed E-state index contributed by atoms with van der Waals surface area (Å²) >= 11 is 0. The molecule has 4 rings (SSSR count). The molecule has 2 heterocycles. The van der Waals surface area contributed by atoms with Crippen LogP contribution in [-0.2, 0) is 38.5 Å². The summed E-state index contributed by atoms with van der Waals surface area (Å²) in [7, 11) is 1.30. The van der Waals surface area contributed by atoms with Gasteiger partial charge in [0.2, 0.25) is 0 Å². The molecule has 154 valence electrons. The molecule has 0 fully saturated rings. The summed E-state index contributed by atoms with van der Waals surface area (Å²) < 4.78 is 10.1. The van der Waals surface area contributed by atoms with Gasteiger partial charge in [-0.25, -0.2) is 19.4 Å². The van der Waals surface area contributed by atoms with Gasteiger partial charge < -0.3 is 19.9 Å². The highest BCUT2D eigenvalue weighted by atomic mass is 16.5. The average Bonchev–Trinajstić information content (AvgIpc) is 3.37. The molecule has 0 saturated heterocycles. The fourth-order valence-electron chi connectivity index (χ4n) is 3.61. The van der Waals surface area contributed by atoms with Crippen LogP contribution in [0.15, 0.2) is 41.4 Å². The standard InChI is InChI=1S/C21H19N3O6/c1-29-20(27)17-7-12-13-8-16(19(25)26)23-18(13)15(9-14(12)22-17)24-21(28)30-10-11-5-3-2-4-6-11/h2-6,9,17,22H,7-8,10H2,1H3,(H,24,28)(H,25,26). The van der Waals surface area contributed by atoms with E-state index in [0.717, 1.165) is 11.1 Å². The zero-order valence-electron chi connectivity index (χ0n) is 16.1. The van der Waals surface area contributed by atoms with E-state index in [1.807, 2.05) is 30.3 Å². The van der Waals surface area contributed by atoms with Crippen molar-refractivity contribution >= 4 is 40.8 Å². The Morgan fingerprint density at radius 2 is 2.00 bits per heavy atom. The number of carbonyl (C=O) groups is 3. The number of carbonyl (C=O) groups excluding carboxylic acids is 2. The van der Waals surface area contributed by atoms with Crippen LogP contribution in [0.1, 0.15) is 16.7 Å². The van der Waals surface area contributed by atoms with Crippen molar-refractivity contribution < 1.29 is 29.0 Å². The van der Waals surface area contributed by atoms with Crippen LogP contribution in [-0.4, -0.2) is 42.0 Å². The van der Waals surface area contributed by atoms with Crippen LogP contribution in [0.25, 0.3) is 0 Å². The SMILES string of the molecule is COC(=O)C1Cc2c(cc(NC(=O)OCc3ccccc3)c3c2CC(C(=O)O)=N3)N1.